The molecule has 1 aromatic heterocycles. The highest BCUT2D eigenvalue weighted by Gasteiger charge is 2.10. The van der Waals surface area contributed by atoms with Crippen molar-refractivity contribution >= 4 is 22.2 Å². The van der Waals surface area contributed by atoms with Crippen molar-refractivity contribution in [2.75, 3.05) is 13.2 Å². The van der Waals surface area contributed by atoms with E-state index in [4.69, 9.17) is 9.47 Å². The van der Waals surface area contributed by atoms with Crippen LogP contribution in [0.4, 0.5) is 0 Å². The van der Waals surface area contributed by atoms with Gasteiger partial charge in [0.1, 0.15) is 5.75 Å². The molecule has 0 aliphatic heterocycles. The predicted molar refractivity (Wildman–Crippen MR) is 156 cm³/mol. The molecule has 1 aromatic carbocycles. The van der Waals surface area contributed by atoms with Crippen LogP contribution in [0.25, 0.3) is 11.4 Å². The summed E-state index contributed by atoms with van der Waals surface area (Å²) in [6, 6.07) is 10.9. The molecule has 2 rings (SSSR count). The molecule has 0 radical (unpaired) electrons. The van der Waals surface area contributed by atoms with Gasteiger partial charge in [0.2, 0.25) is 0 Å². The fourth-order valence-corrected chi connectivity index (χ4v) is 8.62. The van der Waals surface area contributed by atoms with Crippen molar-refractivity contribution in [1.82, 2.24) is 9.97 Å². The van der Waals surface area contributed by atoms with E-state index in [-0.39, 0.29) is 8.41 Å². The lowest BCUT2D eigenvalue weighted by atomic mass is 10.1. The molecular formula is C29H48N2O2Si2. The first-order chi connectivity index (χ1) is 16.9. The van der Waals surface area contributed by atoms with E-state index in [9.17, 15) is 0 Å². The Bertz CT molecular complexity index is 846. The second-order valence-corrected chi connectivity index (χ2v) is 19.0. The smallest absolute Gasteiger partial charge is 0.159 e. The summed E-state index contributed by atoms with van der Waals surface area (Å²) in [6.07, 6.45) is 14.8. The summed E-state index contributed by atoms with van der Waals surface area (Å²) in [7, 11) is -1.10. The van der Waals surface area contributed by atoms with Crippen molar-refractivity contribution < 1.29 is 9.47 Å². The summed E-state index contributed by atoms with van der Waals surface area (Å²) in [5.41, 5.74) is 3.67. The molecule has 0 N–H and O–H groups in total. The van der Waals surface area contributed by atoms with Gasteiger partial charge in [-0.25, -0.2) is 9.97 Å². The summed E-state index contributed by atoms with van der Waals surface area (Å²) >= 11 is 0. The van der Waals surface area contributed by atoms with Crippen LogP contribution in [0.15, 0.2) is 36.7 Å². The van der Waals surface area contributed by atoms with Gasteiger partial charge in [-0.05, 0) is 49.2 Å². The standard InChI is InChI=1S/C29H48N2O2Si2/c1-6-7-12-19-33-28-24-30-29(31-25-28)26-15-17-27(18-16-26)32-20-13-10-8-9-11-14-21-34(2)22-23-35(3,4)5/h15-18,22,24-25H,6-14,19-21,23H2,1-5H3/b34-22-. The monoisotopic (exact) mass is 512 g/mol. The van der Waals surface area contributed by atoms with E-state index in [0.717, 1.165) is 43.1 Å². The number of hydrogen-bond donors (Lipinski definition) is 0. The average Bonchev–Trinajstić information content (AvgIpc) is 2.85. The first-order valence-electron chi connectivity index (χ1n) is 13.7. The molecule has 0 amide bonds. The average molecular weight is 513 g/mol. The van der Waals surface area contributed by atoms with Gasteiger partial charge in [0, 0.05) is 22.0 Å². The van der Waals surface area contributed by atoms with E-state index >= 15 is 0 Å². The van der Waals surface area contributed by atoms with Gasteiger partial charge in [0.05, 0.1) is 25.6 Å². The van der Waals surface area contributed by atoms with Crippen molar-refractivity contribution in [3.63, 3.8) is 0 Å². The fourth-order valence-electron chi connectivity index (χ4n) is 3.77. The molecule has 2 aromatic rings. The van der Waals surface area contributed by atoms with E-state index in [0.29, 0.717) is 5.82 Å². The highest BCUT2D eigenvalue weighted by atomic mass is 28.3. The number of nitrogens with zero attached hydrogens (tertiary/aromatic N) is 2. The first kappa shape index (κ1) is 29.4. The highest BCUT2D eigenvalue weighted by Crippen LogP contribution is 2.21. The molecule has 6 heteroatoms. The minimum absolute atomic E-state index is 0.206. The van der Waals surface area contributed by atoms with Gasteiger partial charge in [-0.1, -0.05) is 78.1 Å². The van der Waals surface area contributed by atoms with Crippen LogP contribution in [0.1, 0.15) is 64.7 Å². The third-order valence-electron chi connectivity index (χ3n) is 6.05. The summed E-state index contributed by atoms with van der Waals surface area (Å²) in [4.78, 5) is 8.89. The zero-order valence-electron chi connectivity index (χ0n) is 22.9. The van der Waals surface area contributed by atoms with E-state index in [2.05, 4.69) is 48.8 Å². The molecule has 0 unspecified atom stereocenters. The van der Waals surface area contributed by atoms with Crippen LogP contribution in [0.3, 0.4) is 0 Å². The lowest BCUT2D eigenvalue weighted by molar-refractivity contribution is 0.304. The molecular weight excluding hydrogens is 465 g/mol. The maximum absolute atomic E-state index is 5.94. The van der Waals surface area contributed by atoms with Gasteiger partial charge >= 0.3 is 0 Å². The number of ether oxygens (including phenoxy) is 2. The maximum Gasteiger partial charge on any atom is 0.159 e. The van der Waals surface area contributed by atoms with E-state index in [1.54, 1.807) is 12.4 Å². The quantitative estimate of drug-likeness (QED) is 0.149. The number of unbranched alkanes of at least 4 members (excludes halogenated alkanes) is 7. The minimum Gasteiger partial charge on any atom is -0.494 e. The Morgan fingerprint density at radius 3 is 1.97 bits per heavy atom. The number of aromatic nitrogens is 2. The van der Waals surface area contributed by atoms with Crippen LogP contribution in [-0.4, -0.2) is 45.3 Å². The Morgan fingerprint density at radius 1 is 0.771 bits per heavy atom. The molecule has 0 fully saturated rings. The fraction of sp³-hybridized carbons (Fsp3) is 0.621. The Balaban J connectivity index is 1.56. The van der Waals surface area contributed by atoms with Gasteiger partial charge in [-0.3, -0.25) is 0 Å². The molecule has 4 nitrogen and oxygen atoms in total. The Hall–Kier alpha value is -1.80. The van der Waals surface area contributed by atoms with Crippen LogP contribution in [0.2, 0.25) is 38.3 Å². The number of benzene rings is 1. The van der Waals surface area contributed by atoms with Crippen LogP contribution in [-0.2, 0) is 0 Å². The summed E-state index contributed by atoms with van der Waals surface area (Å²) in [5.74, 6) is 2.36. The maximum atomic E-state index is 5.94. The topological polar surface area (TPSA) is 44.2 Å². The molecule has 35 heavy (non-hydrogen) atoms. The van der Waals surface area contributed by atoms with E-state index in [1.165, 1.54) is 57.0 Å². The molecule has 0 saturated heterocycles. The molecule has 0 spiro atoms. The summed E-state index contributed by atoms with van der Waals surface area (Å²) in [5, 5.41) is 0. The van der Waals surface area contributed by atoms with Crippen molar-refractivity contribution in [1.29, 1.82) is 0 Å². The normalized spacial score (nSPS) is 12.1. The lowest BCUT2D eigenvalue weighted by Gasteiger charge is -2.13. The van der Waals surface area contributed by atoms with Crippen LogP contribution in [0, 0.1) is 0 Å². The Labute approximate surface area is 217 Å². The van der Waals surface area contributed by atoms with Crippen LogP contribution >= 0.6 is 0 Å². The Morgan fingerprint density at radius 2 is 1.34 bits per heavy atom. The molecule has 194 valence electrons. The third kappa shape index (κ3) is 13.8. The highest BCUT2D eigenvalue weighted by molar-refractivity contribution is 6.82. The second-order valence-electron chi connectivity index (χ2n) is 10.9. The molecule has 0 aliphatic carbocycles. The van der Waals surface area contributed by atoms with Crippen molar-refractivity contribution in [2.45, 2.75) is 103 Å². The largest absolute Gasteiger partial charge is 0.494 e. The SMILES string of the molecule is CCCCCOc1cnc(-c2ccc(OCCCCCCCC/[Si](C)=C\C[Si](C)(C)C)cc2)nc1. The number of rotatable bonds is 18. The van der Waals surface area contributed by atoms with Crippen molar-refractivity contribution in [3.8, 4) is 22.9 Å². The molecule has 0 bridgehead atoms. The predicted octanol–water partition coefficient (Wildman–Crippen LogP) is 8.28. The first-order valence-corrected chi connectivity index (χ1v) is 19.7. The summed E-state index contributed by atoms with van der Waals surface area (Å²) < 4.78 is 11.6. The van der Waals surface area contributed by atoms with E-state index < -0.39 is 8.07 Å². The molecule has 1 heterocycles. The van der Waals surface area contributed by atoms with Crippen molar-refractivity contribution in [2.24, 2.45) is 0 Å². The zero-order chi connectivity index (χ0) is 25.4. The molecule has 0 atom stereocenters. The van der Waals surface area contributed by atoms with Gasteiger partial charge in [-0.2, -0.15) is 0 Å². The number of hydrogen-bond acceptors (Lipinski definition) is 4. The van der Waals surface area contributed by atoms with Crippen LogP contribution in [0.5, 0.6) is 11.5 Å². The Kier molecular flexibility index (Phi) is 14.1. The van der Waals surface area contributed by atoms with Gasteiger partial charge in [0.15, 0.2) is 11.6 Å². The van der Waals surface area contributed by atoms with Gasteiger partial charge < -0.3 is 9.47 Å². The minimum atomic E-state index is -0.896. The summed E-state index contributed by atoms with van der Waals surface area (Å²) in [6.45, 7) is 13.6. The molecule has 0 saturated carbocycles. The molecule has 0 aliphatic rings. The van der Waals surface area contributed by atoms with Gasteiger partial charge in [-0.15, -0.1) is 5.67 Å². The second kappa shape index (κ2) is 16.8. The van der Waals surface area contributed by atoms with E-state index in [1.807, 2.05) is 24.3 Å². The zero-order valence-corrected chi connectivity index (χ0v) is 24.9. The van der Waals surface area contributed by atoms with Gasteiger partial charge in [0.25, 0.3) is 0 Å². The van der Waals surface area contributed by atoms with Crippen molar-refractivity contribution in [3.05, 3.63) is 36.7 Å². The third-order valence-corrected chi connectivity index (χ3v) is 9.93. The lowest BCUT2D eigenvalue weighted by Crippen LogP contribution is -2.21. The van der Waals surface area contributed by atoms with Crippen LogP contribution < -0.4 is 9.47 Å².